The van der Waals surface area contributed by atoms with E-state index in [1.165, 1.54) is 36.1 Å². The molecule has 2 N–H and O–H groups in total. The first-order chi connectivity index (χ1) is 9.69. The van der Waals surface area contributed by atoms with Gasteiger partial charge in [-0.05, 0) is 37.2 Å². The molecule has 0 radical (unpaired) electrons. The number of unbranched alkanes of at least 4 members (excludes halogenated alkanes) is 1. The topological polar surface area (TPSA) is 51.8 Å². The van der Waals surface area contributed by atoms with E-state index in [2.05, 4.69) is 18.8 Å². The molecule has 108 valence electrons. The number of thiophene rings is 1. The lowest BCUT2D eigenvalue weighted by Crippen LogP contribution is -2.09. The maximum Gasteiger partial charge on any atom is 0.190 e. The van der Waals surface area contributed by atoms with Crippen molar-refractivity contribution in [2.24, 2.45) is 5.92 Å². The second kappa shape index (κ2) is 5.90. The first-order valence-electron chi connectivity index (χ1n) is 7.39. The summed E-state index contributed by atoms with van der Waals surface area (Å²) in [5.41, 5.74) is 7.64. The highest BCUT2D eigenvalue weighted by molar-refractivity contribution is 7.99. The number of nitrogen functional groups attached to an aromatic ring is 1. The molecule has 3 nitrogen and oxygen atoms in total. The molecule has 2 aromatic heterocycles. The van der Waals surface area contributed by atoms with E-state index in [0.29, 0.717) is 5.82 Å². The Morgan fingerprint density at radius 1 is 1.40 bits per heavy atom. The number of nitrogens with two attached hydrogens (primary N) is 1. The Hall–Kier alpha value is -0.810. The monoisotopic (exact) mass is 307 g/mol. The van der Waals surface area contributed by atoms with Gasteiger partial charge in [-0.15, -0.1) is 11.3 Å². The molecule has 20 heavy (non-hydrogen) atoms. The molecule has 5 heteroatoms. The zero-order chi connectivity index (χ0) is 14.1. The van der Waals surface area contributed by atoms with Gasteiger partial charge < -0.3 is 5.73 Å². The average Bonchev–Trinajstić information content (AvgIpc) is 2.77. The van der Waals surface area contributed by atoms with E-state index in [-0.39, 0.29) is 0 Å². The van der Waals surface area contributed by atoms with Crippen LogP contribution in [0.3, 0.4) is 0 Å². The summed E-state index contributed by atoms with van der Waals surface area (Å²) in [6.45, 7) is 4.52. The molecule has 3 rings (SSSR count). The lowest BCUT2D eigenvalue weighted by molar-refractivity contribution is 0.508. The SMILES string of the molecule is CCCCSc1nc(N)c2c3c(sc2n1)CC[C@H](C)C3. The number of thioether (sulfide) groups is 1. The number of aryl methyl sites for hydroxylation is 1. The van der Waals surface area contributed by atoms with Crippen molar-refractivity contribution in [3.63, 3.8) is 0 Å². The van der Waals surface area contributed by atoms with E-state index in [1.54, 1.807) is 11.8 Å². The van der Waals surface area contributed by atoms with Gasteiger partial charge in [-0.3, -0.25) is 0 Å². The molecule has 1 aliphatic rings. The number of hydrogen-bond donors (Lipinski definition) is 1. The molecule has 0 amide bonds. The molecule has 1 aliphatic carbocycles. The number of nitrogens with zero attached hydrogens (tertiary/aromatic N) is 2. The van der Waals surface area contributed by atoms with Crippen LogP contribution >= 0.6 is 23.1 Å². The third-order valence-corrected chi connectivity index (χ3v) is 6.01. The van der Waals surface area contributed by atoms with E-state index < -0.39 is 0 Å². The highest BCUT2D eigenvalue weighted by Crippen LogP contribution is 2.39. The van der Waals surface area contributed by atoms with Gasteiger partial charge in [0.15, 0.2) is 5.16 Å². The second-order valence-corrected chi connectivity index (χ2v) is 7.77. The zero-order valence-electron chi connectivity index (χ0n) is 12.1. The van der Waals surface area contributed by atoms with Gasteiger partial charge in [0, 0.05) is 10.6 Å². The van der Waals surface area contributed by atoms with Gasteiger partial charge in [-0.1, -0.05) is 32.0 Å². The molecule has 0 spiro atoms. The van der Waals surface area contributed by atoms with Gasteiger partial charge in [-0.25, -0.2) is 9.97 Å². The molecular formula is C15H21N3S2. The molecule has 0 saturated carbocycles. The third kappa shape index (κ3) is 2.66. The van der Waals surface area contributed by atoms with Gasteiger partial charge in [0.1, 0.15) is 10.6 Å². The predicted octanol–water partition coefficient (Wildman–Crippen LogP) is 4.29. The minimum Gasteiger partial charge on any atom is -0.383 e. The van der Waals surface area contributed by atoms with Crippen molar-refractivity contribution in [1.82, 2.24) is 9.97 Å². The van der Waals surface area contributed by atoms with E-state index in [1.807, 2.05) is 11.3 Å². The van der Waals surface area contributed by atoms with Crippen LogP contribution in [0.2, 0.25) is 0 Å². The Morgan fingerprint density at radius 2 is 2.25 bits per heavy atom. The lowest BCUT2D eigenvalue weighted by Gasteiger charge is -2.18. The van der Waals surface area contributed by atoms with Crippen LogP contribution in [0.1, 0.15) is 43.6 Å². The Bertz CT molecular complexity index is 621. The summed E-state index contributed by atoms with van der Waals surface area (Å²) < 4.78 is 0. The van der Waals surface area contributed by atoms with Crippen LogP contribution in [0.4, 0.5) is 5.82 Å². The fourth-order valence-corrected chi connectivity index (χ4v) is 4.95. The quantitative estimate of drug-likeness (QED) is 0.520. The van der Waals surface area contributed by atoms with Crippen LogP contribution < -0.4 is 5.73 Å². The molecule has 0 aromatic carbocycles. The van der Waals surface area contributed by atoms with Crippen molar-refractivity contribution in [2.45, 2.75) is 51.1 Å². The molecule has 0 saturated heterocycles. The molecule has 0 unspecified atom stereocenters. The van der Waals surface area contributed by atoms with Crippen molar-refractivity contribution >= 4 is 39.1 Å². The van der Waals surface area contributed by atoms with Crippen LogP contribution in [-0.2, 0) is 12.8 Å². The fourth-order valence-electron chi connectivity index (χ4n) is 2.73. The number of aromatic nitrogens is 2. The average molecular weight is 307 g/mol. The Balaban J connectivity index is 1.97. The summed E-state index contributed by atoms with van der Waals surface area (Å²) in [7, 11) is 0. The highest BCUT2D eigenvalue weighted by atomic mass is 32.2. The number of fused-ring (bicyclic) bond motifs is 3. The summed E-state index contributed by atoms with van der Waals surface area (Å²) >= 11 is 3.55. The van der Waals surface area contributed by atoms with Gasteiger partial charge in [0.25, 0.3) is 0 Å². The first kappa shape index (κ1) is 14.1. The highest BCUT2D eigenvalue weighted by Gasteiger charge is 2.23. The minimum absolute atomic E-state index is 0.681. The zero-order valence-corrected chi connectivity index (χ0v) is 13.7. The molecule has 0 fully saturated rings. The maximum atomic E-state index is 6.22. The summed E-state index contributed by atoms with van der Waals surface area (Å²) in [6, 6.07) is 0. The summed E-state index contributed by atoms with van der Waals surface area (Å²) in [5.74, 6) is 2.50. The number of hydrogen-bond acceptors (Lipinski definition) is 5. The van der Waals surface area contributed by atoms with Crippen LogP contribution in [0, 0.1) is 5.92 Å². The van der Waals surface area contributed by atoms with Crippen molar-refractivity contribution in [1.29, 1.82) is 0 Å². The molecule has 2 heterocycles. The van der Waals surface area contributed by atoms with Gasteiger partial charge in [0.2, 0.25) is 0 Å². The standard InChI is InChI=1S/C15H21N3S2/c1-3-4-7-19-15-17-13(16)12-10-8-9(2)5-6-11(10)20-14(12)18-15/h9H,3-8H2,1-2H3,(H2,16,17,18)/t9-/m0/s1. The maximum absolute atomic E-state index is 6.22. The molecular weight excluding hydrogens is 286 g/mol. The van der Waals surface area contributed by atoms with Crippen molar-refractivity contribution in [2.75, 3.05) is 11.5 Å². The second-order valence-electron chi connectivity index (χ2n) is 5.63. The van der Waals surface area contributed by atoms with Crippen LogP contribution in [-0.4, -0.2) is 15.7 Å². The summed E-state index contributed by atoms with van der Waals surface area (Å²) in [4.78, 5) is 11.8. The normalized spacial score (nSPS) is 18.4. The largest absolute Gasteiger partial charge is 0.383 e. The van der Waals surface area contributed by atoms with Gasteiger partial charge >= 0.3 is 0 Å². The molecule has 2 aromatic rings. The Labute approximate surface area is 128 Å². The Kier molecular flexibility index (Phi) is 4.17. The molecule has 0 bridgehead atoms. The number of anilines is 1. The lowest BCUT2D eigenvalue weighted by atomic mass is 9.89. The minimum atomic E-state index is 0.681. The number of rotatable bonds is 4. The van der Waals surface area contributed by atoms with E-state index in [9.17, 15) is 0 Å². The molecule has 1 atom stereocenters. The summed E-state index contributed by atoms with van der Waals surface area (Å²) in [6.07, 6.45) is 5.99. The van der Waals surface area contributed by atoms with Crippen LogP contribution in [0.15, 0.2) is 5.16 Å². The van der Waals surface area contributed by atoms with E-state index in [4.69, 9.17) is 10.7 Å². The van der Waals surface area contributed by atoms with E-state index >= 15 is 0 Å². The van der Waals surface area contributed by atoms with Gasteiger partial charge in [0.05, 0.1) is 5.39 Å². The smallest absolute Gasteiger partial charge is 0.190 e. The van der Waals surface area contributed by atoms with Crippen molar-refractivity contribution in [3.8, 4) is 0 Å². The van der Waals surface area contributed by atoms with Crippen LogP contribution in [0.25, 0.3) is 10.2 Å². The third-order valence-electron chi connectivity index (χ3n) is 3.89. The van der Waals surface area contributed by atoms with Crippen molar-refractivity contribution < 1.29 is 0 Å². The fraction of sp³-hybridized carbons (Fsp3) is 0.600. The van der Waals surface area contributed by atoms with E-state index in [0.717, 1.165) is 33.5 Å². The first-order valence-corrected chi connectivity index (χ1v) is 9.19. The van der Waals surface area contributed by atoms with Crippen LogP contribution in [0.5, 0.6) is 0 Å². The summed E-state index contributed by atoms with van der Waals surface area (Å²) in [5, 5.41) is 1.98. The Morgan fingerprint density at radius 3 is 3.05 bits per heavy atom. The molecule has 0 aliphatic heterocycles. The van der Waals surface area contributed by atoms with Crippen molar-refractivity contribution in [3.05, 3.63) is 10.4 Å². The van der Waals surface area contributed by atoms with Gasteiger partial charge in [-0.2, -0.15) is 0 Å². The predicted molar refractivity (Wildman–Crippen MR) is 88.6 cm³/mol.